The molecule has 9 heteroatoms. The lowest BCUT2D eigenvalue weighted by Crippen LogP contribution is -2.41. The Balaban J connectivity index is 1.66. The maximum atomic E-state index is 13.2. The lowest BCUT2D eigenvalue weighted by Gasteiger charge is -2.32. The second-order valence-corrected chi connectivity index (χ2v) is 10.4. The van der Waals surface area contributed by atoms with E-state index in [1.807, 2.05) is 62.6 Å². The van der Waals surface area contributed by atoms with Crippen LogP contribution in [0.5, 0.6) is 5.75 Å². The number of benzene rings is 2. The maximum absolute atomic E-state index is 13.2. The van der Waals surface area contributed by atoms with Crippen LogP contribution in [0.1, 0.15) is 49.6 Å². The number of amides is 1. The molecule has 1 aliphatic heterocycles. The van der Waals surface area contributed by atoms with E-state index in [-0.39, 0.29) is 5.75 Å². The molecule has 5 rings (SSSR count). The summed E-state index contributed by atoms with van der Waals surface area (Å²) in [5.41, 5.74) is 3.10. The lowest BCUT2D eigenvalue weighted by molar-refractivity contribution is 0.0576. The van der Waals surface area contributed by atoms with Crippen LogP contribution in [0.25, 0.3) is 16.9 Å². The van der Waals surface area contributed by atoms with Crippen molar-refractivity contribution in [2.24, 2.45) is 0 Å². The predicted molar refractivity (Wildman–Crippen MR) is 146 cm³/mol. The van der Waals surface area contributed by atoms with Crippen molar-refractivity contribution in [2.75, 3.05) is 16.8 Å². The highest BCUT2D eigenvalue weighted by atomic mass is 16.6. The van der Waals surface area contributed by atoms with Gasteiger partial charge in [-0.3, -0.25) is 9.47 Å². The zero-order valence-electron chi connectivity index (χ0n) is 21.9. The number of nitrogens with one attached hydrogen (secondary N) is 1. The number of para-hydroxylation sites is 1. The minimum atomic E-state index is -0.655. The van der Waals surface area contributed by atoms with Gasteiger partial charge in [-0.1, -0.05) is 24.3 Å². The Labute approximate surface area is 221 Å². The number of aryl methyl sites for hydroxylation is 1. The highest BCUT2D eigenvalue weighted by Crippen LogP contribution is 2.34. The van der Waals surface area contributed by atoms with E-state index < -0.39 is 11.7 Å². The fourth-order valence-electron chi connectivity index (χ4n) is 4.74. The summed E-state index contributed by atoms with van der Waals surface area (Å²) in [4.78, 5) is 24.6. The Kier molecular flexibility index (Phi) is 6.41. The molecular weight excluding hydrogens is 480 g/mol. The molecule has 0 atom stereocenters. The molecule has 194 valence electrons. The van der Waals surface area contributed by atoms with Crippen LogP contribution in [0.4, 0.5) is 16.4 Å². The van der Waals surface area contributed by atoms with Crippen LogP contribution < -0.4 is 10.2 Å². The molecule has 0 spiro atoms. The largest absolute Gasteiger partial charge is 0.508 e. The van der Waals surface area contributed by atoms with Gasteiger partial charge in [0.05, 0.1) is 17.1 Å². The highest BCUT2D eigenvalue weighted by Gasteiger charge is 2.31. The summed E-state index contributed by atoms with van der Waals surface area (Å²) in [6.07, 6.45) is 0.954. The zero-order valence-corrected chi connectivity index (χ0v) is 21.9. The Hall–Kier alpha value is -4.58. The average molecular weight is 511 g/mol. The summed E-state index contributed by atoms with van der Waals surface area (Å²) in [6, 6.07) is 16.9. The van der Waals surface area contributed by atoms with E-state index in [1.165, 1.54) is 0 Å². The van der Waals surface area contributed by atoms with Crippen molar-refractivity contribution >= 4 is 28.6 Å². The molecule has 0 unspecified atom stereocenters. The molecule has 0 fully saturated rings. The fraction of sp³-hybridized carbons (Fsp3) is 0.310. The van der Waals surface area contributed by atoms with E-state index in [2.05, 4.69) is 11.4 Å². The smallest absolute Gasteiger partial charge is 0.416 e. The number of phenols is 1. The number of anilines is 2. The summed E-state index contributed by atoms with van der Waals surface area (Å²) in [5.74, 6) is 1.64. The molecule has 2 aromatic heterocycles. The van der Waals surface area contributed by atoms with E-state index in [1.54, 1.807) is 23.1 Å². The molecule has 0 saturated carbocycles. The van der Waals surface area contributed by atoms with Gasteiger partial charge in [-0.2, -0.15) is 15.2 Å². The van der Waals surface area contributed by atoms with Gasteiger partial charge in [-0.25, -0.2) is 4.79 Å². The third kappa shape index (κ3) is 4.73. The predicted octanol–water partition coefficient (Wildman–Crippen LogP) is 5.61. The minimum absolute atomic E-state index is 0.190. The molecular formula is C29H30N6O3. The van der Waals surface area contributed by atoms with Crippen molar-refractivity contribution in [3.8, 4) is 17.8 Å². The fourth-order valence-corrected chi connectivity index (χ4v) is 4.74. The SMILES string of the molecule is Cc1cc2c(C#N)cccc2n1-c1nc(NCc2ccccc2O)c2c(n1)N(C(=O)OC(C)(C)C)CCC2. The molecule has 2 aromatic carbocycles. The lowest BCUT2D eigenvalue weighted by atomic mass is 10.1. The summed E-state index contributed by atoms with van der Waals surface area (Å²) in [5, 5.41) is 24.1. The molecule has 4 aromatic rings. The number of nitrogens with zero attached hydrogens (tertiary/aromatic N) is 5. The molecule has 38 heavy (non-hydrogen) atoms. The van der Waals surface area contributed by atoms with Gasteiger partial charge in [-0.15, -0.1) is 0 Å². The maximum Gasteiger partial charge on any atom is 0.416 e. The van der Waals surface area contributed by atoms with Crippen LogP contribution in [-0.2, 0) is 17.7 Å². The van der Waals surface area contributed by atoms with Gasteiger partial charge in [0.1, 0.15) is 23.0 Å². The van der Waals surface area contributed by atoms with Gasteiger partial charge in [0, 0.05) is 35.3 Å². The molecule has 0 bridgehead atoms. The van der Waals surface area contributed by atoms with Crippen molar-refractivity contribution in [1.82, 2.24) is 14.5 Å². The number of rotatable bonds is 4. The van der Waals surface area contributed by atoms with E-state index >= 15 is 0 Å². The highest BCUT2D eigenvalue weighted by molar-refractivity contribution is 5.90. The summed E-state index contributed by atoms with van der Waals surface area (Å²) < 4.78 is 7.60. The van der Waals surface area contributed by atoms with Gasteiger partial charge >= 0.3 is 6.09 Å². The Bertz CT molecular complexity index is 1580. The van der Waals surface area contributed by atoms with Crippen LogP contribution in [0.3, 0.4) is 0 Å². The summed E-state index contributed by atoms with van der Waals surface area (Å²) >= 11 is 0. The first-order chi connectivity index (χ1) is 18.2. The summed E-state index contributed by atoms with van der Waals surface area (Å²) in [7, 11) is 0. The number of ether oxygens (including phenoxy) is 1. The van der Waals surface area contributed by atoms with Crippen LogP contribution in [0, 0.1) is 18.3 Å². The molecule has 3 heterocycles. The van der Waals surface area contributed by atoms with Crippen LogP contribution >= 0.6 is 0 Å². The molecule has 0 saturated heterocycles. The molecule has 1 aliphatic rings. The Morgan fingerprint density at radius 3 is 2.71 bits per heavy atom. The van der Waals surface area contributed by atoms with Crippen molar-refractivity contribution in [2.45, 2.75) is 52.7 Å². The third-order valence-electron chi connectivity index (χ3n) is 6.44. The average Bonchev–Trinajstić information content (AvgIpc) is 3.22. The number of aromatic hydroxyl groups is 1. The van der Waals surface area contributed by atoms with E-state index in [4.69, 9.17) is 14.7 Å². The van der Waals surface area contributed by atoms with E-state index in [0.29, 0.717) is 42.7 Å². The standard InChI is InChI=1S/C29H30N6O3/c1-18-15-22-19(16-30)10-7-12-23(22)35(18)27-32-25(31-17-20-9-5-6-13-24(20)36)21-11-8-14-34(26(21)33-27)28(37)38-29(2,3)4/h5-7,9-10,12-13,15,36H,8,11,14,17H2,1-4H3,(H,31,32,33). The second kappa shape index (κ2) is 9.71. The van der Waals surface area contributed by atoms with E-state index in [0.717, 1.165) is 34.1 Å². The van der Waals surface area contributed by atoms with Crippen LogP contribution in [-0.4, -0.2) is 37.9 Å². The first-order valence-electron chi connectivity index (χ1n) is 12.6. The first-order valence-corrected chi connectivity index (χ1v) is 12.6. The van der Waals surface area contributed by atoms with Crippen molar-refractivity contribution < 1.29 is 14.6 Å². The number of carbonyl (C=O) groups is 1. The van der Waals surface area contributed by atoms with Crippen molar-refractivity contribution in [3.05, 3.63) is 70.9 Å². The van der Waals surface area contributed by atoms with Gasteiger partial charge in [-0.05, 0) is 64.8 Å². The van der Waals surface area contributed by atoms with Gasteiger partial charge in [0.15, 0.2) is 0 Å². The number of nitriles is 1. The topological polar surface area (TPSA) is 116 Å². The van der Waals surface area contributed by atoms with Crippen LogP contribution in [0.2, 0.25) is 0 Å². The zero-order chi connectivity index (χ0) is 27.0. The Morgan fingerprint density at radius 1 is 1.18 bits per heavy atom. The van der Waals surface area contributed by atoms with Crippen molar-refractivity contribution in [1.29, 1.82) is 5.26 Å². The number of hydrogen-bond donors (Lipinski definition) is 2. The second-order valence-electron chi connectivity index (χ2n) is 10.4. The number of fused-ring (bicyclic) bond motifs is 2. The molecule has 1 amide bonds. The molecule has 2 N–H and O–H groups in total. The molecule has 0 radical (unpaired) electrons. The van der Waals surface area contributed by atoms with E-state index in [9.17, 15) is 15.2 Å². The summed E-state index contributed by atoms with van der Waals surface area (Å²) in [6.45, 7) is 8.26. The van der Waals surface area contributed by atoms with Crippen LogP contribution in [0.15, 0.2) is 48.5 Å². The molecule has 9 nitrogen and oxygen atoms in total. The quantitative estimate of drug-likeness (QED) is 0.367. The van der Waals surface area contributed by atoms with Gasteiger partial charge in [0.2, 0.25) is 5.95 Å². The number of phenolic OH excluding ortho intramolecular Hbond substituents is 1. The minimum Gasteiger partial charge on any atom is -0.508 e. The van der Waals surface area contributed by atoms with Crippen molar-refractivity contribution in [3.63, 3.8) is 0 Å². The first kappa shape index (κ1) is 25.1. The number of aromatic nitrogens is 3. The molecule has 0 aliphatic carbocycles. The number of carbonyl (C=O) groups excluding carboxylic acids is 1. The van der Waals surface area contributed by atoms with Gasteiger partial charge in [0.25, 0.3) is 0 Å². The number of hydrogen-bond acceptors (Lipinski definition) is 7. The normalized spacial score (nSPS) is 13.2. The monoisotopic (exact) mass is 510 g/mol. The van der Waals surface area contributed by atoms with Gasteiger partial charge < -0.3 is 15.2 Å². The Morgan fingerprint density at radius 2 is 1.97 bits per heavy atom. The third-order valence-corrected chi connectivity index (χ3v) is 6.44.